The lowest BCUT2D eigenvalue weighted by atomic mass is 10.1. The Hall–Kier alpha value is -3.09. The van der Waals surface area contributed by atoms with Crippen LogP contribution in [0.2, 0.25) is 0 Å². The van der Waals surface area contributed by atoms with Crippen LogP contribution in [0.1, 0.15) is 22.3 Å². The van der Waals surface area contributed by atoms with Gasteiger partial charge < -0.3 is 9.88 Å². The average Bonchev–Trinajstić information content (AvgIpc) is 3.14. The Morgan fingerprint density at radius 3 is 2.19 bits per heavy atom. The molecule has 0 unspecified atom stereocenters. The molecule has 0 radical (unpaired) electrons. The zero-order chi connectivity index (χ0) is 19.3. The van der Waals surface area contributed by atoms with Crippen molar-refractivity contribution >= 4 is 5.91 Å². The lowest BCUT2D eigenvalue weighted by Crippen LogP contribution is -2.24. The average molecular weight is 373 g/mol. The molecule has 7 heteroatoms. The predicted molar refractivity (Wildman–Crippen MR) is 94.8 cm³/mol. The second-order valence-electron chi connectivity index (χ2n) is 6.20. The summed E-state index contributed by atoms with van der Waals surface area (Å²) in [6, 6.07) is 12.5. The van der Waals surface area contributed by atoms with Crippen molar-refractivity contribution in [3.05, 3.63) is 89.5 Å². The minimum absolute atomic E-state index is 0.0385. The van der Waals surface area contributed by atoms with Gasteiger partial charge in [0.25, 0.3) is 0 Å². The van der Waals surface area contributed by atoms with Crippen LogP contribution in [0.3, 0.4) is 0 Å². The van der Waals surface area contributed by atoms with Gasteiger partial charge in [0, 0.05) is 25.5 Å². The third kappa shape index (κ3) is 5.44. The van der Waals surface area contributed by atoms with Gasteiger partial charge >= 0.3 is 6.18 Å². The van der Waals surface area contributed by atoms with Gasteiger partial charge in [-0.1, -0.05) is 36.4 Å². The first-order valence-corrected chi connectivity index (χ1v) is 8.36. The van der Waals surface area contributed by atoms with Gasteiger partial charge in [-0.15, -0.1) is 0 Å². The highest BCUT2D eigenvalue weighted by Crippen LogP contribution is 2.29. The van der Waals surface area contributed by atoms with Crippen LogP contribution in [0.15, 0.2) is 67.3 Å². The highest BCUT2D eigenvalue weighted by Gasteiger charge is 2.29. The Balaban J connectivity index is 1.48. The molecule has 0 aliphatic carbocycles. The topological polar surface area (TPSA) is 46.9 Å². The van der Waals surface area contributed by atoms with E-state index in [0.717, 1.165) is 29.8 Å². The Morgan fingerprint density at radius 2 is 1.59 bits per heavy atom. The first-order valence-electron chi connectivity index (χ1n) is 8.36. The zero-order valence-electron chi connectivity index (χ0n) is 14.4. The van der Waals surface area contributed by atoms with E-state index >= 15 is 0 Å². The molecule has 27 heavy (non-hydrogen) atoms. The molecule has 0 aliphatic heterocycles. The molecule has 0 saturated carbocycles. The maximum absolute atomic E-state index is 12.5. The van der Waals surface area contributed by atoms with E-state index in [-0.39, 0.29) is 12.3 Å². The molecule has 1 amide bonds. The molecule has 1 heterocycles. The molecule has 0 spiro atoms. The molecule has 0 atom stereocenters. The van der Waals surface area contributed by atoms with Crippen molar-refractivity contribution in [2.75, 3.05) is 0 Å². The summed E-state index contributed by atoms with van der Waals surface area (Å²) in [6.45, 7) is 1.09. The fourth-order valence-corrected chi connectivity index (χ4v) is 2.61. The number of amides is 1. The van der Waals surface area contributed by atoms with Gasteiger partial charge in [-0.05, 0) is 28.8 Å². The number of nitrogens with zero attached hydrogens (tertiary/aromatic N) is 2. The number of imidazole rings is 1. The number of carbonyl (C=O) groups excluding carboxylic acids is 1. The molecule has 4 nitrogen and oxygen atoms in total. The van der Waals surface area contributed by atoms with E-state index < -0.39 is 11.7 Å². The van der Waals surface area contributed by atoms with Crippen molar-refractivity contribution in [2.24, 2.45) is 0 Å². The van der Waals surface area contributed by atoms with Gasteiger partial charge in [0.15, 0.2) is 0 Å². The molecule has 0 bridgehead atoms. The van der Waals surface area contributed by atoms with Crippen molar-refractivity contribution in [3.8, 4) is 0 Å². The Kier molecular flexibility index (Phi) is 5.59. The molecular weight excluding hydrogens is 355 g/mol. The quantitative estimate of drug-likeness (QED) is 0.714. The van der Waals surface area contributed by atoms with Gasteiger partial charge in [0.1, 0.15) is 0 Å². The molecular formula is C20H18F3N3O. The van der Waals surface area contributed by atoms with Gasteiger partial charge in [-0.25, -0.2) is 4.98 Å². The number of alkyl halides is 3. The summed E-state index contributed by atoms with van der Waals surface area (Å²) < 4.78 is 39.6. The maximum Gasteiger partial charge on any atom is 0.416 e. The van der Waals surface area contributed by atoms with Crippen LogP contribution in [-0.4, -0.2) is 15.5 Å². The van der Waals surface area contributed by atoms with E-state index in [2.05, 4.69) is 10.3 Å². The van der Waals surface area contributed by atoms with E-state index in [9.17, 15) is 18.0 Å². The van der Waals surface area contributed by atoms with E-state index in [1.807, 2.05) is 35.0 Å². The molecule has 0 saturated heterocycles. The second kappa shape index (κ2) is 8.07. The molecule has 1 aromatic heterocycles. The van der Waals surface area contributed by atoms with Crippen LogP contribution < -0.4 is 5.32 Å². The minimum Gasteiger partial charge on any atom is -0.352 e. The van der Waals surface area contributed by atoms with Crippen molar-refractivity contribution < 1.29 is 18.0 Å². The third-order valence-electron chi connectivity index (χ3n) is 4.08. The number of rotatable bonds is 6. The fraction of sp³-hybridized carbons (Fsp3) is 0.200. The summed E-state index contributed by atoms with van der Waals surface area (Å²) in [6.07, 6.45) is 1.02. The summed E-state index contributed by atoms with van der Waals surface area (Å²) in [5.74, 6) is -0.239. The standard InChI is InChI=1S/C20H18F3N3O/c21-20(22,23)18-7-5-15(6-8-18)11-19(27)25-12-16-1-3-17(4-2-16)13-26-10-9-24-14-26/h1-10,14H,11-13H2,(H,25,27). The Morgan fingerprint density at radius 1 is 0.963 bits per heavy atom. The SMILES string of the molecule is O=C(Cc1ccc(C(F)(F)F)cc1)NCc1ccc(Cn2ccnc2)cc1. The summed E-state index contributed by atoms with van der Waals surface area (Å²) >= 11 is 0. The van der Waals surface area contributed by atoms with Crippen LogP contribution in [-0.2, 0) is 30.5 Å². The van der Waals surface area contributed by atoms with E-state index in [1.165, 1.54) is 12.1 Å². The molecule has 0 fully saturated rings. The fourth-order valence-electron chi connectivity index (χ4n) is 2.61. The van der Waals surface area contributed by atoms with Gasteiger partial charge in [-0.2, -0.15) is 13.2 Å². The lowest BCUT2D eigenvalue weighted by molar-refractivity contribution is -0.137. The first kappa shape index (κ1) is 18.7. The largest absolute Gasteiger partial charge is 0.416 e. The van der Waals surface area contributed by atoms with Crippen molar-refractivity contribution in [1.29, 1.82) is 0 Å². The molecule has 1 N–H and O–H groups in total. The van der Waals surface area contributed by atoms with Crippen molar-refractivity contribution in [1.82, 2.24) is 14.9 Å². The van der Waals surface area contributed by atoms with Gasteiger partial charge in [0.2, 0.25) is 5.91 Å². The highest BCUT2D eigenvalue weighted by atomic mass is 19.4. The van der Waals surface area contributed by atoms with E-state index in [1.54, 1.807) is 12.5 Å². The van der Waals surface area contributed by atoms with Crippen molar-refractivity contribution in [3.63, 3.8) is 0 Å². The summed E-state index contributed by atoms with van der Waals surface area (Å²) in [5, 5.41) is 2.78. The van der Waals surface area contributed by atoms with E-state index in [4.69, 9.17) is 0 Å². The number of carbonyl (C=O) groups is 1. The monoisotopic (exact) mass is 373 g/mol. The van der Waals surface area contributed by atoms with Gasteiger partial charge in [-0.3, -0.25) is 4.79 Å². The summed E-state index contributed by atoms with van der Waals surface area (Å²) in [7, 11) is 0. The number of halogens is 3. The number of benzene rings is 2. The van der Waals surface area contributed by atoms with Crippen LogP contribution in [0, 0.1) is 0 Å². The summed E-state index contributed by atoms with van der Waals surface area (Å²) in [4.78, 5) is 16.0. The number of hydrogen-bond donors (Lipinski definition) is 1. The Labute approximate surface area is 154 Å². The molecule has 0 aliphatic rings. The van der Waals surface area contributed by atoms with E-state index in [0.29, 0.717) is 12.1 Å². The predicted octanol–water partition coefficient (Wildman–Crippen LogP) is 3.81. The Bertz CT molecular complexity index is 870. The van der Waals surface area contributed by atoms with Gasteiger partial charge in [0.05, 0.1) is 18.3 Å². The first-order chi connectivity index (χ1) is 12.9. The molecule has 2 aromatic carbocycles. The highest BCUT2D eigenvalue weighted by molar-refractivity contribution is 5.78. The third-order valence-corrected chi connectivity index (χ3v) is 4.08. The van der Waals surface area contributed by atoms with Crippen molar-refractivity contribution in [2.45, 2.75) is 25.7 Å². The number of aromatic nitrogens is 2. The smallest absolute Gasteiger partial charge is 0.352 e. The maximum atomic E-state index is 12.5. The number of nitrogens with one attached hydrogen (secondary N) is 1. The normalized spacial score (nSPS) is 11.4. The number of hydrogen-bond acceptors (Lipinski definition) is 2. The van der Waals surface area contributed by atoms with Crippen LogP contribution in [0.25, 0.3) is 0 Å². The minimum atomic E-state index is -4.37. The second-order valence-corrected chi connectivity index (χ2v) is 6.20. The molecule has 3 aromatic rings. The van der Waals surface area contributed by atoms with Crippen LogP contribution in [0.4, 0.5) is 13.2 Å². The van der Waals surface area contributed by atoms with Crippen LogP contribution >= 0.6 is 0 Å². The molecule has 140 valence electrons. The molecule has 3 rings (SSSR count). The zero-order valence-corrected chi connectivity index (χ0v) is 14.4. The lowest BCUT2D eigenvalue weighted by Gasteiger charge is -2.09. The van der Waals surface area contributed by atoms with Crippen LogP contribution in [0.5, 0.6) is 0 Å². The summed E-state index contributed by atoms with van der Waals surface area (Å²) in [5.41, 5.74) is 1.89.